The Morgan fingerprint density at radius 2 is 1.57 bits per heavy atom. The predicted octanol–water partition coefficient (Wildman–Crippen LogP) is 2.70. The normalized spacial score (nSPS) is 10.5. The number of nitrogens with zero attached hydrogens (tertiary/aromatic N) is 1. The highest BCUT2D eigenvalue weighted by Gasteiger charge is 2.09. The molecule has 0 aliphatic heterocycles. The maximum absolute atomic E-state index is 11.6. The van der Waals surface area contributed by atoms with Crippen LogP contribution in [0.2, 0.25) is 0 Å². The molecule has 0 radical (unpaired) electrons. The van der Waals surface area contributed by atoms with Gasteiger partial charge in [0.1, 0.15) is 23.1 Å². The Hall–Kier alpha value is -2.50. The quantitative estimate of drug-likeness (QED) is 0.916. The number of methoxy groups -OCH3 is 2. The summed E-state index contributed by atoms with van der Waals surface area (Å²) in [7, 11) is 3.11. The van der Waals surface area contributed by atoms with Gasteiger partial charge in [-0.05, 0) is 0 Å². The molecule has 6 nitrogen and oxygen atoms in total. The third-order valence-electron chi connectivity index (χ3n) is 2.83. The van der Waals surface area contributed by atoms with Crippen LogP contribution < -0.4 is 19.8 Å². The van der Waals surface area contributed by atoms with E-state index >= 15 is 0 Å². The Labute approximate surface area is 122 Å². The van der Waals surface area contributed by atoms with Gasteiger partial charge in [-0.15, -0.1) is 0 Å². The Morgan fingerprint density at radius 3 is 2.10 bits per heavy atom. The van der Waals surface area contributed by atoms with Crippen LogP contribution in [0.25, 0.3) is 0 Å². The summed E-state index contributed by atoms with van der Waals surface area (Å²) >= 11 is 0. The molecule has 0 aliphatic rings. The van der Waals surface area contributed by atoms with E-state index in [-0.39, 0.29) is 17.4 Å². The van der Waals surface area contributed by atoms with Gasteiger partial charge in [0.05, 0.1) is 20.3 Å². The van der Waals surface area contributed by atoms with Gasteiger partial charge in [0.15, 0.2) is 0 Å². The zero-order chi connectivity index (χ0) is 15.4. The highest BCUT2D eigenvalue weighted by atomic mass is 16.5. The zero-order valence-electron chi connectivity index (χ0n) is 12.5. The Kier molecular flexibility index (Phi) is 4.47. The smallest absolute Gasteiger partial charge is 0.254 e. The summed E-state index contributed by atoms with van der Waals surface area (Å²) in [6.45, 7) is 3.88. The van der Waals surface area contributed by atoms with Gasteiger partial charge in [0, 0.05) is 24.1 Å². The number of aromatic nitrogens is 2. The summed E-state index contributed by atoms with van der Waals surface area (Å²) in [4.78, 5) is 18.6. The van der Waals surface area contributed by atoms with Crippen molar-refractivity contribution >= 4 is 0 Å². The minimum absolute atomic E-state index is 0.0982. The number of rotatable bonds is 5. The average molecular weight is 290 g/mol. The van der Waals surface area contributed by atoms with Crippen molar-refractivity contribution in [3.63, 3.8) is 0 Å². The molecule has 0 amide bonds. The molecule has 2 aromatic rings. The fourth-order valence-electron chi connectivity index (χ4n) is 1.74. The lowest BCUT2D eigenvalue weighted by Gasteiger charge is -2.10. The highest BCUT2D eigenvalue weighted by Crippen LogP contribution is 2.30. The number of hydrogen-bond donors (Lipinski definition) is 1. The van der Waals surface area contributed by atoms with E-state index < -0.39 is 0 Å². The van der Waals surface area contributed by atoms with E-state index in [2.05, 4.69) is 9.97 Å². The van der Waals surface area contributed by atoms with Crippen molar-refractivity contribution in [2.24, 2.45) is 0 Å². The molecule has 6 heteroatoms. The molecule has 0 saturated heterocycles. The first-order valence-corrected chi connectivity index (χ1v) is 6.54. The van der Waals surface area contributed by atoms with E-state index in [1.165, 1.54) is 6.07 Å². The van der Waals surface area contributed by atoms with Crippen molar-refractivity contribution in [2.75, 3.05) is 14.2 Å². The van der Waals surface area contributed by atoms with E-state index in [0.29, 0.717) is 23.1 Å². The van der Waals surface area contributed by atoms with Crippen molar-refractivity contribution in [1.82, 2.24) is 9.97 Å². The standard InChI is InChI=1S/C15H18N2O4/c1-9(2)15-16-13(18)8-14(17-15)21-12-6-10(19-3)5-11(7-12)20-4/h5-9H,1-4H3,(H,16,17,18). The lowest BCUT2D eigenvalue weighted by molar-refractivity contribution is 0.384. The van der Waals surface area contributed by atoms with Gasteiger partial charge in [-0.1, -0.05) is 13.8 Å². The van der Waals surface area contributed by atoms with Crippen LogP contribution in [0.5, 0.6) is 23.1 Å². The first-order valence-electron chi connectivity index (χ1n) is 6.54. The first kappa shape index (κ1) is 14.9. The van der Waals surface area contributed by atoms with Crippen LogP contribution in [0.1, 0.15) is 25.6 Å². The number of hydrogen-bond acceptors (Lipinski definition) is 5. The molecule has 0 atom stereocenters. The molecule has 2 rings (SSSR count). The van der Waals surface area contributed by atoms with E-state index in [0.717, 1.165) is 0 Å². The maximum Gasteiger partial charge on any atom is 0.254 e. The Morgan fingerprint density at radius 1 is 1.00 bits per heavy atom. The summed E-state index contributed by atoms with van der Waals surface area (Å²) in [6.07, 6.45) is 0. The fraction of sp³-hybridized carbons (Fsp3) is 0.333. The summed E-state index contributed by atoms with van der Waals surface area (Å²) in [5.41, 5.74) is -0.251. The minimum atomic E-state index is -0.251. The van der Waals surface area contributed by atoms with E-state index in [4.69, 9.17) is 14.2 Å². The third kappa shape index (κ3) is 3.75. The molecule has 0 saturated carbocycles. The van der Waals surface area contributed by atoms with E-state index in [1.807, 2.05) is 13.8 Å². The van der Waals surface area contributed by atoms with Crippen LogP contribution in [0, 0.1) is 0 Å². The van der Waals surface area contributed by atoms with Gasteiger partial charge >= 0.3 is 0 Å². The third-order valence-corrected chi connectivity index (χ3v) is 2.83. The number of ether oxygens (including phenoxy) is 3. The van der Waals surface area contributed by atoms with Crippen molar-refractivity contribution in [3.8, 4) is 23.1 Å². The summed E-state index contributed by atoms with van der Waals surface area (Å²) in [5, 5.41) is 0. The van der Waals surface area contributed by atoms with E-state index in [1.54, 1.807) is 32.4 Å². The topological polar surface area (TPSA) is 73.4 Å². The van der Waals surface area contributed by atoms with Gasteiger partial charge in [0.2, 0.25) is 5.88 Å². The molecule has 1 N–H and O–H groups in total. The second-order valence-corrected chi connectivity index (χ2v) is 4.77. The van der Waals surface area contributed by atoms with Crippen molar-refractivity contribution in [1.29, 1.82) is 0 Å². The maximum atomic E-state index is 11.6. The van der Waals surface area contributed by atoms with Crippen molar-refractivity contribution < 1.29 is 14.2 Å². The lowest BCUT2D eigenvalue weighted by atomic mass is 10.2. The van der Waals surface area contributed by atoms with Crippen LogP contribution in [-0.2, 0) is 0 Å². The number of aromatic amines is 1. The highest BCUT2D eigenvalue weighted by molar-refractivity contribution is 5.43. The molecular weight excluding hydrogens is 272 g/mol. The van der Waals surface area contributed by atoms with Gasteiger partial charge < -0.3 is 19.2 Å². The molecule has 0 unspecified atom stereocenters. The minimum Gasteiger partial charge on any atom is -0.496 e. The Bertz CT molecular complexity index is 657. The van der Waals surface area contributed by atoms with Crippen molar-refractivity contribution in [2.45, 2.75) is 19.8 Å². The molecule has 0 aliphatic carbocycles. The van der Waals surface area contributed by atoms with Crippen LogP contribution in [0.4, 0.5) is 0 Å². The number of nitrogens with one attached hydrogen (secondary N) is 1. The largest absolute Gasteiger partial charge is 0.496 e. The predicted molar refractivity (Wildman–Crippen MR) is 78.6 cm³/mol. The van der Waals surface area contributed by atoms with E-state index in [9.17, 15) is 4.79 Å². The molecular formula is C15H18N2O4. The second-order valence-electron chi connectivity index (χ2n) is 4.77. The zero-order valence-corrected chi connectivity index (χ0v) is 12.5. The second kappa shape index (κ2) is 6.30. The first-order chi connectivity index (χ1) is 10.0. The molecule has 1 aromatic heterocycles. The van der Waals surface area contributed by atoms with Gasteiger partial charge in [-0.2, -0.15) is 4.98 Å². The van der Waals surface area contributed by atoms with Crippen LogP contribution in [0.3, 0.4) is 0 Å². The molecule has 21 heavy (non-hydrogen) atoms. The van der Waals surface area contributed by atoms with Crippen LogP contribution in [0.15, 0.2) is 29.1 Å². The van der Waals surface area contributed by atoms with Crippen LogP contribution >= 0.6 is 0 Å². The molecule has 0 spiro atoms. The van der Waals surface area contributed by atoms with Gasteiger partial charge in [0.25, 0.3) is 5.56 Å². The monoisotopic (exact) mass is 290 g/mol. The fourth-order valence-corrected chi connectivity index (χ4v) is 1.74. The average Bonchev–Trinajstić information content (AvgIpc) is 2.46. The molecule has 112 valence electrons. The van der Waals surface area contributed by atoms with Gasteiger partial charge in [-0.3, -0.25) is 4.79 Å². The molecule has 1 aromatic carbocycles. The Balaban J connectivity index is 2.35. The molecule has 1 heterocycles. The van der Waals surface area contributed by atoms with Crippen molar-refractivity contribution in [3.05, 3.63) is 40.4 Å². The number of H-pyrrole nitrogens is 1. The number of benzene rings is 1. The molecule has 0 bridgehead atoms. The molecule has 0 fully saturated rings. The van der Waals surface area contributed by atoms with Gasteiger partial charge in [-0.25, -0.2) is 0 Å². The summed E-state index contributed by atoms with van der Waals surface area (Å²) in [6, 6.07) is 6.43. The van der Waals surface area contributed by atoms with Crippen LogP contribution in [-0.4, -0.2) is 24.2 Å². The summed E-state index contributed by atoms with van der Waals surface area (Å²) in [5.74, 6) is 2.58. The lowest BCUT2D eigenvalue weighted by Crippen LogP contribution is -2.11. The summed E-state index contributed by atoms with van der Waals surface area (Å²) < 4.78 is 16.0. The SMILES string of the molecule is COc1cc(OC)cc(Oc2cc(=O)[nH]c(C(C)C)n2)c1.